The number of nitrogens with one attached hydrogen (secondary N) is 2. The summed E-state index contributed by atoms with van der Waals surface area (Å²) in [5, 5.41) is 4.87. The molecule has 2 N–H and O–H groups in total. The van der Waals surface area contributed by atoms with E-state index in [9.17, 15) is 4.79 Å². The molecule has 0 saturated heterocycles. The van der Waals surface area contributed by atoms with Gasteiger partial charge in [-0.25, -0.2) is 0 Å². The Morgan fingerprint density at radius 3 is 2.64 bits per heavy atom. The van der Waals surface area contributed by atoms with Gasteiger partial charge in [0.2, 0.25) is 0 Å². The summed E-state index contributed by atoms with van der Waals surface area (Å²) in [5.74, 6) is 1.64. The second-order valence-corrected chi connectivity index (χ2v) is 8.92. The first kappa shape index (κ1) is 20.1. The smallest absolute Gasteiger partial charge is 0.291 e. The molecule has 0 aromatic heterocycles. The Morgan fingerprint density at radius 1 is 1.06 bits per heavy atom. The summed E-state index contributed by atoms with van der Waals surface area (Å²) in [7, 11) is 3.24. The molecule has 3 aliphatic heterocycles. The van der Waals surface area contributed by atoms with Gasteiger partial charge in [-0.05, 0) is 60.2 Å². The maximum Gasteiger partial charge on any atom is 0.291 e. The molecule has 33 heavy (non-hydrogen) atoms. The highest BCUT2D eigenvalue weighted by Gasteiger charge is 2.61. The number of carbonyl (C=O) groups excluding carboxylic acids is 1. The predicted molar refractivity (Wildman–Crippen MR) is 127 cm³/mol. The number of benzene rings is 3. The van der Waals surface area contributed by atoms with E-state index in [2.05, 4.69) is 32.7 Å². The molecule has 3 heterocycles. The standard InChI is InChI=1S/C25H20BrN3O4/c1-31-16-9-6-14(7-10-16)20-13-21-17-4-3-5-22(32-2)23(17)33-25(29(21)28-20)18-12-15(26)8-11-19(18)27-24(25)30/h3-13,21,28H,1-2H3,(H,27,30). The third-order valence-corrected chi connectivity index (χ3v) is 6.78. The zero-order chi connectivity index (χ0) is 22.7. The molecule has 8 heteroatoms. The number of methoxy groups -OCH3 is 2. The summed E-state index contributed by atoms with van der Waals surface area (Å²) < 4.78 is 18.3. The first-order valence-electron chi connectivity index (χ1n) is 10.4. The molecule has 6 rings (SSSR count). The van der Waals surface area contributed by atoms with E-state index in [0.717, 1.165) is 32.6 Å². The van der Waals surface area contributed by atoms with Crippen LogP contribution < -0.4 is 25.0 Å². The summed E-state index contributed by atoms with van der Waals surface area (Å²) in [6.07, 6.45) is 2.10. The number of halogens is 1. The van der Waals surface area contributed by atoms with Gasteiger partial charge in [-0.1, -0.05) is 28.1 Å². The van der Waals surface area contributed by atoms with E-state index < -0.39 is 5.72 Å². The van der Waals surface area contributed by atoms with E-state index in [0.29, 0.717) is 17.2 Å². The fourth-order valence-corrected chi connectivity index (χ4v) is 5.07. The van der Waals surface area contributed by atoms with Gasteiger partial charge >= 0.3 is 0 Å². The van der Waals surface area contributed by atoms with E-state index in [-0.39, 0.29) is 11.9 Å². The normalized spacial score (nSPS) is 22.5. The minimum absolute atomic E-state index is 0.267. The number of amides is 1. The number of anilines is 1. The van der Waals surface area contributed by atoms with Crippen LogP contribution in [-0.2, 0) is 10.5 Å². The number of ether oxygens (including phenoxy) is 3. The van der Waals surface area contributed by atoms with Crippen molar-refractivity contribution >= 4 is 33.2 Å². The highest BCUT2D eigenvalue weighted by molar-refractivity contribution is 9.10. The summed E-state index contributed by atoms with van der Waals surface area (Å²) in [4.78, 5) is 13.6. The molecule has 0 saturated carbocycles. The molecule has 166 valence electrons. The number of fused-ring (bicyclic) bond motifs is 6. The summed E-state index contributed by atoms with van der Waals surface area (Å²) in [5.41, 5.74) is 6.22. The average Bonchev–Trinajstić information content (AvgIpc) is 3.40. The number of carbonyl (C=O) groups is 1. The second-order valence-electron chi connectivity index (χ2n) is 8.00. The van der Waals surface area contributed by atoms with E-state index in [1.165, 1.54) is 0 Å². The van der Waals surface area contributed by atoms with Crippen molar-refractivity contribution in [2.24, 2.45) is 0 Å². The summed E-state index contributed by atoms with van der Waals surface area (Å²) >= 11 is 3.55. The topological polar surface area (TPSA) is 72.1 Å². The minimum Gasteiger partial charge on any atom is -0.497 e. The van der Waals surface area contributed by atoms with Gasteiger partial charge in [-0.15, -0.1) is 0 Å². The van der Waals surface area contributed by atoms with Crippen molar-refractivity contribution in [3.05, 3.63) is 87.9 Å². The van der Waals surface area contributed by atoms with Gasteiger partial charge < -0.3 is 25.0 Å². The van der Waals surface area contributed by atoms with Crippen LogP contribution in [0.2, 0.25) is 0 Å². The lowest BCUT2D eigenvalue weighted by Crippen LogP contribution is -2.60. The summed E-state index contributed by atoms with van der Waals surface area (Å²) in [6.45, 7) is 0. The zero-order valence-corrected chi connectivity index (χ0v) is 19.5. The molecular formula is C25H20BrN3O4. The largest absolute Gasteiger partial charge is 0.497 e. The minimum atomic E-state index is -1.42. The molecule has 2 atom stereocenters. The van der Waals surface area contributed by atoms with Crippen molar-refractivity contribution < 1.29 is 19.0 Å². The Hall–Kier alpha value is -3.49. The lowest BCUT2D eigenvalue weighted by Gasteiger charge is -2.45. The first-order chi connectivity index (χ1) is 16.0. The van der Waals surface area contributed by atoms with Gasteiger partial charge in [-0.3, -0.25) is 4.79 Å². The van der Waals surface area contributed by atoms with Crippen molar-refractivity contribution in [2.45, 2.75) is 11.8 Å². The van der Waals surface area contributed by atoms with Gasteiger partial charge in [0.25, 0.3) is 11.6 Å². The first-order valence-corrected chi connectivity index (χ1v) is 11.2. The number of para-hydroxylation sites is 1. The van der Waals surface area contributed by atoms with E-state index in [4.69, 9.17) is 14.2 Å². The maximum absolute atomic E-state index is 13.6. The Morgan fingerprint density at radius 2 is 1.88 bits per heavy atom. The number of hydrogen-bond acceptors (Lipinski definition) is 6. The third kappa shape index (κ3) is 2.81. The molecule has 0 fully saturated rings. The summed E-state index contributed by atoms with van der Waals surface area (Å²) in [6, 6.07) is 19.0. The molecule has 7 nitrogen and oxygen atoms in total. The zero-order valence-electron chi connectivity index (χ0n) is 17.9. The fourth-order valence-electron chi connectivity index (χ4n) is 4.71. The molecule has 0 bridgehead atoms. The molecule has 3 aliphatic rings. The van der Waals surface area contributed by atoms with Gasteiger partial charge in [0.1, 0.15) is 5.75 Å². The SMILES string of the molecule is COc1ccc(C2=CC3c4cccc(OC)c4OC4(C(=O)Nc5ccc(Br)cc54)N3N2)cc1. The second kappa shape index (κ2) is 7.26. The van der Waals surface area contributed by atoms with Gasteiger partial charge in [0.15, 0.2) is 11.5 Å². The molecule has 3 aromatic rings. The van der Waals surface area contributed by atoms with Gasteiger partial charge in [0, 0.05) is 15.6 Å². The van der Waals surface area contributed by atoms with Crippen LogP contribution in [0.5, 0.6) is 17.2 Å². The molecule has 2 unspecified atom stereocenters. The predicted octanol–water partition coefficient (Wildman–Crippen LogP) is 4.57. The van der Waals surface area contributed by atoms with Crippen LogP contribution in [0.4, 0.5) is 5.69 Å². The molecule has 1 spiro atoms. The Balaban J connectivity index is 1.55. The average molecular weight is 506 g/mol. The van der Waals surface area contributed by atoms with E-state index in [1.807, 2.05) is 65.7 Å². The number of rotatable bonds is 3. The van der Waals surface area contributed by atoms with Gasteiger partial charge in [-0.2, -0.15) is 5.01 Å². The Kier molecular flexibility index (Phi) is 4.43. The van der Waals surface area contributed by atoms with Crippen molar-refractivity contribution in [3.63, 3.8) is 0 Å². The van der Waals surface area contributed by atoms with Crippen LogP contribution in [0, 0.1) is 0 Å². The van der Waals surface area contributed by atoms with Crippen LogP contribution in [0.1, 0.15) is 22.7 Å². The van der Waals surface area contributed by atoms with E-state index >= 15 is 0 Å². The molecule has 1 amide bonds. The van der Waals surface area contributed by atoms with E-state index in [1.54, 1.807) is 14.2 Å². The molecule has 0 radical (unpaired) electrons. The Labute approximate surface area is 199 Å². The highest BCUT2D eigenvalue weighted by atomic mass is 79.9. The monoisotopic (exact) mass is 505 g/mol. The van der Waals surface area contributed by atoms with Crippen LogP contribution in [0.15, 0.2) is 71.2 Å². The number of nitrogens with zero attached hydrogens (tertiary/aromatic N) is 1. The molecular weight excluding hydrogens is 486 g/mol. The van der Waals surface area contributed by atoms with Crippen molar-refractivity contribution in [2.75, 3.05) is 19.5 Å². The molecule has 0 aliphatic carbocycles. The number of hydrogen-bond donors (Lipinski definition) is 2. The third-order valence-electron chi connectivity index (χ3n) is 6.28. The maximum atomic E-state index is 13.6. The lowest BCUT2D eigenvalue weighted by atomic mass is 9.95. The van der Waals surface area contributed by atoms with Crippen LogP contribution in [-0.4, -0.2) is 25.1 Å². The van der Waals surface area contributed by atoms with Crippen LogP contribution >= 0.6 is 15.9 Å². The highest BCUT2D eigenvalue weighted by Crippen LogP contribution is 2.55. The van der Waals surface area contributed by atoms with Crippen molar-refractivity contribution in [1.29, 1.82) is 0 Å². The lowest BCUT2D eigenvalue weighted by molar-refractivity contribution is -0.166. The van der Waals surface area contributed by atoms with Crippen LogP contribution in [0.25, 0.3) is 5.70 Å². The van der Waals surface area contributed by atoms with Crippen LogP contribution in [0.3, 0.4) is 0 Å². The van der Waals surface area contributed by atoms with Gasteiger partial charge in [0.05, 0.1) is 31.6 Å². The fraction of sp³-hybridized carbons (Fsp3) is 0.160. The number of hydrazine groups is 1. The Bertz CT molecular complexity index is 1320. The quantitative estimate of drug-likeness (QED) is 0.543. The van der Waals surface area contributed by atoms with Crippen molar-refractivity contribution in [1.82, 2.24) is 10.4 Å². The molecule has 3 aromatic carbocycles. The van der Waals surface area contributed by atoms with Crippen molar-refractivity contribution in [3.8, 4) is 17.2 Å².